The van der Waals surface area contributed by atoms with Crippen molar-refractivity contribution < 1.29 is 58.8 Å². The largest absolute Gasteiger partial charge is 1.00 e. The predicted octanol–water partition coefficient (Wildman–Crippen LogP) is -3.49. The number of thioether (sulfide) groups is 1. The van der Waals surface area contributed by atoms with Crippen molar-refractivity contribution >= 4 is 34.6 Å². The van der Waals surface area contributed by atoms with E-state index in [2.05, 4.69) is 0 Å². The molecule has 9 nitrogen and oxygen atoms in total. The maximum absolute atomic E-state index is 11.3. The second kappa shape index (κ2) is 8.86. The van der Waals surface area contributed by atoms with E-state index < -0.39 is 28.8 Å². The molecule has 0 amide bonds. The van der Waals surface area contributed by atoms with E-state index in [0.29, 0.717) is 12.3 Å². The highest BCUT2D eigenvalue weighted by molar-refractivity contribution is 8.13. The number of aromatic nitrogens is 1. The lowest BCUT2D eigenvalue weighted by atomic mass is 10.2. The molecule has 0 saturated heterocycles. The highest BCUT2D eigenvalue weighted by atomic mass is 79.9. The number of carbonyl (C=O) groups is 1. The van der Waals surface area contributed by atoms with Crippen LogP contribution in [0.1, 0.15) is 12.5 Å². The normalized spacial score (nSPS) is 14.5. The Balaban J connectivity index is 0.00000529. The summed E-state index contributed by atoms with van der Waals surface area (Å²) in [4.78, 5) is 29.0. The Morgan fingerprint density at radius 2 is 2.00 bits per heavy atom. The Hall–Kier alpha value is -0.330. The number of aryl methyl sites for hydroxylation is 1. The van der Waals surface area contributed by atoms with Crippen LogP contribution in [-0.4, -0.2) is 43.4 Å². The summed E-state index contributed by atoms with van der Waals surface area (Å²) >= 11 is 1.08. The minimum Gasteiger partial charge on any atom is -1.00 e. The molecule has 0 aliphatic carbocycles. The first kappa shape index (κ1) is 23.7. The number of carbonyl (C=O) groups excluding carboxylic acids is 1. The SMILES string of the molecule is CC(=O)SCC[n+]1cccc(CC(O)(P(=O)(O)O)S(=O)(=O)O)c1.[Br-]. The van der Waals surface area contributed by atoms with Gasteiger partial charge in [0.2, 0.25) is 0 Å². The maximum Gasteiger partial charge on any atom is 0.375 e. The van der Waals surface area contributed by atoms with Crippen LogP contribution in [0.5, 0.6) is 0 Å². The van der Waals surface area contributed by atoms with E-state index in [0.717, 1.165) is 11.8 Å². The summed E-state index contributed by atoms with van der Waals surface area (Å²) in [6.07, 6.45) is 1.98. The zero-order valence-electron chi connectivity index (χ0n) is 12.4. The molecule has 0 aliphatic heterocycles. The molecule has 13 heteroatoms. The van der Waals surface area contributed by atoms with Gasteiger partial charge in [0.25, 0.3) is 4.67 Å². The Kier molecular flexibility index (Phi) is 8.73. The van der Waals surface area contributed by atoms with Crippen molar-refractivity contribution in [3.8, 4) is 0 Å². The van der Waals surface area contributed by atoms with Crippen LogP contribution in [0, 0.1) is 0 Å². The van der Waals surface area contributed by atoms with Gasteiger partial charge in [0, 0.05) is 25.0 Å². The molecule has 0 spiro atoms. The third-order valence-corrected chi connectivity index (χ3v) is 7.11. The molecular weight excluding hydrogens is 449 g/mol. The maximum atomic E-state index is 11.3. The topological polar surface area (TPSA) is 153 Å². The monoisotopic (exact) mass is 465 g/mol. The first-order valence-corrected chi connectivity index (χ1v) is 10.3. The lowest BCUT2D eigenvalue weighted by Gasteiger charge is -2.24. The fourth-order valence-electron chi connectivity index (χ4n) is 1.73. The average molecular weight is 466 g/mol. The zero-order chi connectivity index (χ0) is 17.9. The molecule has 1 aromatic rings. The first-order chi connectivity index (χ1) is 10.4. The first-order valence-electron chi connectivity index (χ1n) is 6.23. The molecule has 4 N–H and O–H groups in total. The van der Waals surface area contributed by atoms with Crippen molar-refractivity contribution in [2.75, 3.05) is 5.75 Å². The number of rotatable bonds is 7. The number of hydrogen-bond donors (Lipinski definition) is 4. The smallest absolute Gasteiger partial charge is 0.375 e. The number of aliphatic hydroxyl groups is 1. The molecule has 1 rings (SSSR count). The highest BCUT2D eigenvalue weighted by Crippen LogP contribution is 2.53. The van der Waals surface area contributed by atoms with Gasteiger partial charge in [-0.05, 0) is 6.07 Å². The lowest BCUT2D eigenvalue weighted by Crippen LogP contribution is -3.00. The zero-order valence-corrected chi connectivity index (χ0v) is 16.6. The van der Waals surface area contributed by atoms with Crippen molar-refractivity contribution in [2.45, 2.75) is 24.6 Å². The Labute approximate surface area is 153 Å². The fraction of sp³-hybridized carbons (Fsp3) is 0.455. The summed E-state index contributed by atoms with van der Waals surface area (Å²) in [6, 6.07) is 2.83. The summed E-state index contributed by atoms with van der Waals surface area (Å²) < 4.78 is 40.6. The van der Waals surface area contributed by atoms with E-state index in [4.69, 9.17) is 14.3 Å². The van der Waals surface area contributed by atoms with Gasteiger partial charge in [-0.1, -0.05) is 11.8 Å². The predicted molar refractivity (Wildman–Crippen MR) is 82.0 cm³/mol. The van der Waals surface area contributed by atoms with Crippen LogP contribution < -0.4 is 21.5 Å². The molecule has 24 heavy (non-hydrogen) atoms. The van der Waals surface area contributed by atoms with Crippen LogP contribution in [-0.2, 0) is 32.4 Å². The van der Waals surface area contributed by atoms with Crippen molar-refractivity contribution in [1.29, 1.82) is 0 Å². The fourth-order valence-corrected chi connectivity index (χ4v) is 4.25. The van der Waals surface area contributed by atoms with E-state index in [1.165, 1.54) is 25.3 Å². The summed E-state index contributed by atoms with van der Waals surface area (Å²) in [7, 11) is -11.0. The van der Waals surface area contributed by atoms with Gasteiger partial charge < -0.3 is 31.9 Å². The van der Waals surface area contributed by atoms with Crippen LogP contribution >= 0.6 is 19.4 Å². The number of hydrogen-bond acceptors (Lipinski definition) is 6. The number of pyridine rings is 1. The Bertz CT molecular complexity index is 737. The minimum atomic E-state index is -5.56. The van der Waals surface area contributed by atoms with E-state index in [1.807, 2.05) is 0 Å². The third-order valence-electron chi connectivity index (χ3n) is 2.88. The molecule has 0 radical (unpaired) electrons. The average Bonchev–Trinajstić information content (AvgIpc) is 2.36. The van der Waals surface area contributed by atoms with Gasteiger partial charge in [0.05, 0.1) is 5.75 Å². The van der Waals surface area contributed by atoms with Crippen molar-refractivity contribution in [1.82, 2.24) is 0 Å². The van der Waals surface area contributed by atoms with Gasteiger partial charge in [-0.2, -0.15) is 8.42 Å². The van der Waals surface area contributed by atoms with Crippen molar-refractivity contribution in [2.24, 2.45) is 0 Å². The summed E-state index contributed by atoms with van der Waals surface area (Å²) in [6.45, 7) is 1.80. The van der Waals surface area contributed by atoms with Crippen LogP contribution in [0.15, 0.2) is 24.5 Å². The van der Waals surface area contributed by atoms with Gasteiger partial charge in [0.15, 0.2) is 24.1 Å². The molecule has 0 fully saturated rings. The third kappa shape index (κ3) is 6.19. The second-order valence-corrected chi connectivity index (χ2v) is 9.76. The lowest BCUT2D eigenvalue weighted by molar-refractivity contribution is -0.692. The van der Waals surface area contributed by atoms with Gasteiger partial charge in [-0.3, -0.25) is 13.9 Å². The van der Waals surface area contributed by atoms with Crippen LogP contribution in [0.3, 0.4) is 0 Å². The van der Waals surface area contributed by atoms with Crippen LogP contribution in [0.25, 0.3) is 0 Å². The summed E-state index contributed by atoms with van der Waals surface area (Å²) in [5, 5.41) is 9.75. The molecule has 138 valence electrons. The van der Waals surface area contributed by atoms with E-state index in [9.17, 15) is 22.9 Å². The van der Waals surface area contributed by atoms with Gasteiger partial charge >= 0.3 is 17.7 Å². The molecule has 0 aliphatic rings. The minimum absolute atomic E-state index is 0. The highest BCUT2D eigenvalue weighted by Gasteiger charge is 2.56. The molecule has 0 aromatic carbocycles. The molecule has 0 bridgehead atoms. The molecular formula is C11H17BrNO8PS2. The molecule has 1 unspecified atom stereocenters. The van der Waals surface area contributed by atoms with E-state index >= 15 is 0 Å². The van der Waals surface area contributed by atoms with Crippen molar-refractivity contribution in [3.05, 3.63) is 30.1 Å². The van der Waals surface area contributed by atoms with Crippen LogP contribution in [0.4, 0.5) is 0 Å². The van der Waals surface area contributed by atoms with Crippen LogP contribution in [0.2, 0.25) is 0 Å². The molecule has 1 atom stereocenters. The summed E-state index contributed by atoms with van der Waals surface area (Å²) in [5.41, 5.74) is 0.0868. The van der Waals surface area contributed by atoms with Gasteiger partial charge in [-0.25, -0.2) is 4.57 Å². The molecule has 0 saturated carbocycles. The Morgan fingerprint density at radius 1 is 1.42 bits per heavy atom. The molecule has 1 aromatic heterocycles. The van der Waals surface area contributed by atoms with Gasteiger partial charge in [0.1, 0.15) is 0 Å². The van der Waals surface area contributed by atoms with Gasteiger partial charge in [-0.15, -0.1) is 0 Å². The summed E-state index contributed by atoms with van der Waals surface area (Å²) in [5.74, 6) is 0.449. The molecule has 1 heterocycles. The van der Waals surface area contributed by atoms with E-state index in [1.54, 1.807) is 10.8 Å². The second-order valence-electron chi connectivity index (χ2n) is 4.73. The quantitative estimate of drug-likeness (QED) is 0.182. The number of halogens is 1. The number of nitrogens with zero attached hydrogens (tertiary/aromatic N) is 1. The standard InChI is InChI=1S/C11H16NO8PS2.BrH/c1-9(13)22-6-5-12-4-2-3-10(8-12)7-11(14,21(15,16)17)23(18,19)20;/h2-4,8,14H,5-7H2,1H3,(H2-,15,16,17,18,19,20);1H. The Morgan fingerprint density at radius 3 is 2.46 bits per heavy atom. The van der Waals surface area contributed by atoms with Crippen molar-refractivity contribution in [3.63, 3.8) is 0 Å². The van der Waals surface area contributed by atoms with E-state index in [-0.39, 0.29) is 27.7 Å².